The monoisotopic (exact) mass is 268 g/mol. The van der Waals surface area contributed by atoms with Crippen LogP contribution >= 0.6 is 0 Å². The lowest BCUT2D eigenvalue weighted by atomic mass is 10.1. The van der Waals surface area contributed by atoms with E-state index in [-0.39, 0.29) is 13.2 Å². The van der Waals surface area contributed by atoms with Crippen LogP contribution in [-0.2, 0) is 0 Å². The first kappa shape index (κ1) is 17.9. The first-order valence-electron chi connectivity index (χ1n) is 7.10. The number of aliphatic hydroxyl groups excluding tert-OH is 2. The Kier molecular flexibility index (Phi) is 12.6. The van der Waals surface area contributed by atoms with E-state index in [0.29, 0.717) is 0 Å². The van der Waals surface area contributed by atoms with Crippen LogP contribution in [0.5, 0.6) is 5.75 Å². The van der Waals surface area contributed by atoms with Crippen molar-refractivity contribution < 1.29 is 14.9 Å². The third-order valence-corrected chi connectivity index (χ3v) is 2.54. The number of hydrogen-bond acceptors (Lipinski definition) is 3. The van der Waals surface area contributed by atoms with Crippen molar-refractivity contribution in [3.8, 4) is 5.75 Å². The number of aliphatic hydroxyl groups is 2. The van der Waals surface area contributed by atoms with Crippen LogP contribution in [0.25, 0.3) is 0 Å². The highest BCUT2D eigenvalue weighted by Gasteiger charge is 1.95. The predicted octanol–water partition coefficient (Wildman–Crippen LogP) is 3.25. The maximum atomic E-state index is 7.62. The van der Waals surface area contributed by atoms with Gasteiger partial charge in [0.1, 0.15) is 5.75 Å². The zero-order valence-electron chi connectivity index (χ0n) is 12.2. The first-order chi connectivity index (χ1) is 9.20. The third kappa shape index (κ3) is 13.2. The van der Waals surface area contributed by atoms with E-state index >= 15 is 0 Å². The summed E-state index contributed by atoms with van der Waals surface area (Å²) >= 11 is 0. The Morgan fingerprint density at radius 1 is 0.947 bits per heavy atom. The lowest BCUT2D eigenvalue weighted by Gasteiger charge is -2.06. The Bertz CT molecular complexity index is 271. The molecule has 0 unspecified atom stereocenters. The van der Waals surface area contributed by atoms with Gasteiger partial charge in [0.25, 0.3) is 0 Å². The summed E-state index contributed by atoms with van der Waals surface area (Å²) in [5.41, 5.74) is 0. The van der Waals surface area contributed by atoms with Crippen LogP contribution in [-0.4, -0.2) is 30.0 Å². The van der Waals surface area contributed by atoms with Gasteiger partial charge in [-0.05, 0) is 24.5 Å². The van der Waals surface area contributed by atoms with Crippen LogP contribution in [0.2, 0.25) is 0 Å². The SMILES string of the molecule is CC(C)CCCCCOc1ccccc1.OCCO. The Morgan fingerprint density at radius 2 is 1.58 bits per heavy atom. The molecule has 110 valence electrons. The van der Waals surface area contributed by atoms with Gasteiger partial charge < -0.3 is 14.9 Å². The predicted molar refractivity (Wildman–Crippen MR) is 79.4 cm³/mol. The normalized spacial score (nSPS) is 9.95. The smallest absolute Gasteiger partial charge is 0.119 e. The molecular weight excluding hydrogens is 240 g/mol. The van der Waals surface area contributed by atoms with Gasteiger partial charge in [-0.1, -0.05) is 51.3 Å². The highest BCUT2D eigenvalue weighted by Crippen LogP contribution is 2.11. The number of unbranched alkanes of at least 4 members (excludes halogenated alkanes) is 2. The van der Waals surface area contributed by atoms with E-state index in [1.165, 1.54) is 25.7 Å². The molecule has 0 aromatic heterocycles. The molecule has 0 atom stereocenters. The van der Waals surface area contributed by atoms with Crippen LogP contribution in [0.1, 0.15) is 39.5 Å². The van der Waals surface area contributed by atoms with Gasteiger partial charge in [0.05, 0.1) is 19.8 Å². The average Bonchev–Trinajstić information content (AvgIpc) is 2.44. The Hall–Kier alpha value is -1.06. The van der Waals surface area contributed by atoms with Crippen molar-refractivity contribution in [2.24, 2.45) is 5.92 Å². The van der Waals surface area contributed by atoms with E-state index < -0.39 is 0 Å². The minimum absolute atomic E-state index is 0.125. The molecule has 1 aromatic carbocycles. The van der Waals surface area contributed by atoms with Crippen molar-refractivity contribution in [2.45, 2.75) is 39.5 Å². The molecule has 2 N–H and O–H groups in total. The molecule has 1 rings (SSSR count). The van der Waals surface area contributed by atoms with E-state index in [1.54, 1.807) is 0 Å². The van der Waals surface area contributed by atoms with Gasteiger partial charge in [0.15, 0.2) is 0 Å². The van der Waals surface area contributed by atoms with Crippen molar-refractivity contribution in [1.82, 2.24) is 0 Å². The molecule has 0 heterocycles. The number of rotatable bonds is 8. The maximum Gasteiger partial charge on any atom is 0.119 e. The second-order valence-corrected chi connectivity index (χ2v) is 4.85. The molecular formula is C16H28O3. The highest BCUT2D eigenvalue weighted by atomic mass is 16.5. The van der Waals surface area contributed by atoms with Crippen LogP contribution in [0.15, 0.2) is 30.3 Å². The number of ether oxygens (including phenoxy) is 1. The second kappa shape index (κ2) is 13.4. The molecule has 19 heavy (non-hydrogen) atoms. The summed E-state index contributed by atoms with van der Waals surface area (Å²) < 4.78 is 5.61. The van der Waals surface area contributed by atoms with Gasteiger partial charge >= 0.3 is 0 Å². The highest BCUT2D eigenvalue weighted by molar-refractivity contribution is 5.20. The Labute approximate surface area is 117 Å². The van der Waals surface area contributed by atoms with E-state index in [9.17, 15) is 0 Å². The molecule has 0 fully saturated rings. The zero-order chi connectivity index (χ0) is 14.3. The van der Waals surface area contributed by atoms with Crippen molar-refractivity contribution in [2.75, 3.05) is 19.8 Å². The Balaban J connectivity index is 0.000000711. The molecule has 3 heteroatoms. The Morgan fingerprint density at radius 3 is 2.11 bits per heavy atom. The lowest BCUT2D eigenvalue weighted by molar-refractivity contribution is 0.186. The van der Waals surface area contributed by atoms with Gasteiger partial charge in [-0.3, -0.25) is 0 Å². The van der Waals surface area contributed by atoms with Crippen LogP contribution in [0.3, 0.4) is 0 Å². The first-order valence-corrected chi connectivity index (χ1v) is 7.10. The van der Waals surface area contributed by atoms with Crippen LogP contribution in [0, 0.1) is 5.92 Å². The molecule has 0 radical (unpaired) electrons. The summed E-state index contributed by atoms with van der Waals surface area (Å²) in [6.07, 6.45) is 5.12. The topological polar surface area (TPSA) is 49.7 Å². The molecule has 0 saturated heterocycles. The molecule has 0 saturated carbocycles. The van der Waals surface area contributed by atoms with Gasteiger partial charge in [-0.25, -0.2) is 0 Å². The molecule has 0 aliphatic carbocycles. The summed E-state index contributed by atoms with van der Waals surface area (Å²) in [7, 11) is 0. The summed E-state index contributed by atoms with van der Waals surface area (Å²) in [5.74, 6) is 1.82. The third-order valence-electron chi connectivity index (χ3n) is 2.54. The fourth-order valence-corrected chi connectivity index (χ4v) is 1.54. The zero-order valence-corrected chi connectivity index (χ0v) is 12.2. The maximum absolute atomic E-state index is 7.62. The number of hydrogen-bond donors (Lipinski definition) is 2. The quantitative estimate of drug-likeness (QED) is 0.712. The fourth-order valence-electron chi connectivity index (χ4n) is 1.54. The van der Waals surface area contributed by atoms with Crippen LogP contribution in [0.4, 0.5) is 0 Å². The minimum atomic E-state index is -0.125. The van der Waals surface area contributed by atoms with E-state index in [1.807, 2.05) is 30.3 Å². The van der Waals surface area contributed by atoms with E-state index in [2.05, 4.69) is 13.8 Å². The molecule has 0 aliphatic heterocycles. The van der Waals surface area contributed by atoms with Gasteiger partial charge in [-0.2, -0.15) is 0 Å². The largest absolute Gasteiger partial charge is 0.494 e. The minimum Gasteiger partial charge on any atom is -0.494 e. The summed E-state index contributed by atoms with van der Waals surface area (Å²) in [6.45, 7) is 5.16. The summed E-state index contributed by atoms with van der Waals surface area (Å²) in [5, 5.41) is 15.2. The molecule has 0 spiro atoms. The van der Waals surface area contributed by atoms with Crippen molar-refractivity contribution >= 4 is 0 Å². The van der Waals surface area contributed by atoms with Gasteiger partial charge in [0, 0.05) is 0 Å². The second-order valence-electron chi connectivity index (χ2n) is 4.85. The van der Waals surface area contributed by atoms with E-state index in [0.717, 1.165) is 18.3 Å². The average molecular weight is 268 g/mol. The van der Waals surface area contributed by atoms with Gasteiger partial charge in [0.2, 0.25) is 0 Å². The van der Waals surface area contributed by atoms with Gasteiger partial charge in [-0.15, -0.1) is 0 Å². The van der Waals surface area contributed by atoms with Crippen molar-refractivity contribution in [1.29, 1.82) is 0 Å². The molecule has 0 aliphatic rings. The van der Waals surface area contributed by atoms with Crippen LogP contribution < -0.4 is 4.74 Å². The molecule has 0 bridgehead atoms. The number of benzene rings is 1. The molecule has 0 amide bonds. The van der Waals surface area contributed by atoms with Crippen molar-refractivity contribution in [3.05, 3.63) is 30.3 Å². The van der Waals surface area contributed by atoms with E-state index in [4.69, 9.17) is 14.9 Å². The fraction of sp³-hybridized carbons (Fsp3) is 0.625. The molecule has 3 nitrogen and oxygen atoms in total. The number of para-hydroxylation sites is 1. The summed E-state index contributed by atoms with van der Waals surface area (Å²) in [4.78, 5) is 0. The standard InChI is InChI=1S/C14H22O.C2H6O2/c1-13(2)9-5-4-8-12-15-14-10-6-3-7-11-14;3-1-2-4/h3,6-7,10-11,13H,4-5,8-9,12H2,1-2H3;3-4H,1-2H2. The summed E-state index contributed by atoms with van der Waals surface area (Å²) in [6, 6.07) is 10.0. The molecule has 1 aromatic rings. The lowest BCUT2D eigenvalue weighted by Crippen LogP contribution is -1.97. The van der Waals surface area contributed by atoms with Crippen molar-refractivity contribution in [3.63, 3.8) is 0 Å².